The maximum absolute atomic E-state index is 14.2. The average molecular weight is 343 g/mol. The Morgan fingerprint density at radius 3 is 2.53 bits per heavy atom. The van der Waals surface area contributed by atoms with E-state index in [4.69, 9.17) is 11.6 Å². The van der Waals surface area contributed by atoms with Gasteiger partial charge in [0, 0.05) is 10.0 Å². The van der Waals surface area contributed by atoms with E-state index in [1.165, 1.54) is 6.07 Å². The second-order valence-corrected chi connectivity index (χ2v) is 5.63. The van der Waals surface area contributed by atoms with Crippen LogP contribution < -0.4 is 5.32 Å². The van der Waals surface area contributed by atoms with Crippen molar-refractivity contribution >= 4 is 27.5 Å². The zero-order valence-electron chi connectivity index (χ0n) is 10.7. The lowest BCUT2D eigenvalue weighted by Crippen LogP contribution is -2.20. The molecule has 0 spiro atoms. The zero-order valence-corrected chi connectivity index (χ0v) is 13.0. The van der Waals surface area contributed by atoms with Crippen LogP contribution in [0.25, 0.3) is 0 Å². The van der Waals surface area contributed by atoms with Crippen LogP contribution in [0.1, 0.15) is 22.7 Å². The van der Waals surface area contributed by atoms with Gasteiger partial charge in [-0.1, -0.05) is 35.9 Å². The molecule has 0 heterocycles. The van der Waals surface area contributed by atoms with Gasteiger partial charge in [0.15, 0.2) is 0 Å². The van der Waals surface area contributed by atoms with E-state index in [2.05, 4.69) is 21.2 Å². The van der Waals surface area contributed by atoms with Gasteiger partial charge in [-0.05, 0) is 53.2 Å². The quantitative estimate of drug-likeness (QED) is 0.786. The third-order valence-electron chi connectivity index (χ3n) is 3.14. The summed E-state index contributed by atoms with van der Waals surface area (Å²) in [5.41, 5.74) is 2.70. The van der Waals surface area contributed by atoms with Gasteiger partial charge in [-0.25, -0.2) is 4.39 Å². The number of benzene rings is 2. The molecule has 2 aromatic rings. The molecule has 19 heavy (non-hydrogen) atoms. The summed E-state index contributed by atoms with van der Waals surface area (Å²) in [7, 11) is 1.81. The zero-order chi connectivity index (χ0) is 14.0. The van der Waals surface area contributed by atoms with Gasteiger partial charge in [-0.15, -0.1) is 0 Å². The van der Waals surface area contributed by atoms with Crippen molar-refractivity contribution in [1.82, 2.24) is 5.32 Å². The minimum atomic E-state index is -0.279. The minimum Gasteiger partial charge on any atom is -0.309 e. The summed E-state index contributed by atoms with van der Waals surface area (Å²) in [6.45, 7) is 2.01. The molecular weight excluding hydrogens is 329 g/mol. The first kappa shape index (κ1) is 14.5. The molecule has 0 radical (unpaired) electrons. The van der Waals surface area contributed by atoms with Crippen molar-refractivity contribution in [3.63, 3.8) is 0 Å². The topological polar surface area (TPSA) is 12.0 Å². The summed E-state index contributed by atoms with van der Waals surface area (Å²) in [6.07, 6.45) is 0. The largest absolute Gasteiger partial charge is 0.309 e. The Morgan fingerprint density at radius 2 is 1.89 bits per heavy atom. The lowest BCUT2D eigenvalue weighted by Gasteiger charge is -2.20. The normalized spacial score (nSPS) is 12.5. The molecule has 100 valence electrons. The second kappa shape index (κ2) is 6.04. The molecule has 0 fully saturated rings. The average Bonchev–Trinajstić information content (AvgIpc) is 2.38. The van der Waals surface area contributed by atoms with Crippen molar-refractivity contribution in [3.8, 4) is 0 Å². The molecule has 2 rings (SSSR count). The van der Waals surface area contributed by atoms with E-state index in [0.717, 1.165) is 11.1 Å². The fraction of sp³-hybridized carbons (Fsp3) is 0.200. The molecule has 0 amide bonds. The molecule has 0 aliphatic carbocycles. The highest BCUT2D eigenvalue weighted by Gasteiger charge is 2.19. The van der Waals surface area contributed by atoms with Gasteiger partial charge in [-0.2, -0.15) is 0 Å². The fourth-order valence-electron chi connectivity index (χ4n) is 2.15. The van der Waals surface area contributed by atoms with Gasteiger partial charge in [0.1, 0.15) is 5.82 Å². The Bertz CT molecular complexity index is 601. The van der Waals surface area contributed by atoms with E-state index >= 15 is 0 Å². The highest BCUT2D eigenvalue weighted by Crippen LogP contribution is 2.32. The standard InChI is InChI=1S/C15H14BrClFN/c1-9-5-3-4-6-10(9)15(19-2)11-7-13(17)12(16)8-14(11)18/h3-8,15,19H,1-2H3. The van der Waals surface area contributed by atoms with Crippen LogP contribution in [0, 0.1) is 12.7 Å². The SMILES string of the molecule is CNC(c1ccccc1C)c1cc(Cl)c(Br)cc1F. The van der Waals surface area contributed by atoms with Gasteiger partial charge in [0.25, 0.3) is 0 Å². The van der Waals surface area contributed by atoms with Crippen LogP contribution in [-0.4, -0.2) is 7.05 Å². The molecule has 1 unspecified atom stereocenters. The van der Waals surface area contributed by atoms with E-state index in [1.54, 1.807) is 6.07 Å². The monoisotopic (exact) mass is 341 g/mol. The first-order chi connectivity index (χ1) is 9.04. The Hall–Kier alpha value is -0.900. The summed E-state index contributed by atoms with van der Waals surface area (Å²) in [5.74, 6) is -0.279. The van der Waals surface area contributed by atoms with Crippen molar-refractivity contribution in [2.75, 3.05) is 7.05 Å². The van der Waals surface area contributed by atoms with Gasteiger partial charge < -0.3 is 5.32 Å². The van der Waals surface area contributed by atoms with Gasteiger partial charge in [0.2, 0.25) is 0 Å². The molecule has 1 nitrogen and oxygen atoms in total. The van der Waals surface area contributed by atoms with Crippen molar-refractivity contribution in [2.45, 2.75) is 13.0 Å². The summed E-state index contributed by atoms with van der Waals surface area (Å²) >= 11 is 9.30. The maximum atomic E-state index is 14.2. The van der Waals surface area contributed by atoms with Crippen LogP contribution in [0.5, 0.6) is 0 Å². The Morgan fingerprint density at radius 1 is 1.21 bits per heavy atom. The molecule has 0 aromatic heterocycles. The molecule has 0 aliphatic heterocycles. The van der Waals surface area contributed by atoms with E-state index in [9.17, 15) is 4.39 Å². The van der Waals surface area contributed by atoms with E-state index in [-0.39, 0.29) is 11.9 Å². The smallest absolute Gasteiger partial charge is 0.129 e. The van der Waals surface area contributed by atoms with Crippen molar-refractivity contribution < 1.29 is 4.39 Å². The Labute approximate surface area is 125 Å². The number of hydrogen-bond donors (Lipinski definition) is 1. The third-order valence-corrected chi connectivity index (χ3v) is 4.34. The van der Waals surface area contributed by atoms with Crippen LogP contribution in [0.3, 0.4) is 0 Å². The molecule has 2 aromatic carbocycles. The third kappa shape index (κ3) is 2.99. The van der Waals surface area contributed by atoms with Gasteiger partial charge in [0.05, 0.1) is 11.1 Å². The molecule has 1 atom stereocenters. The summed E-state index contributed by atoms with van der Waals surface area (Å²) in [6, 6.07) is 10.8. The Balaban J connectivity index is 2.55. The minimum absolute atomic E-state index is 0.216. The second-order valence-electron chi connectivity index (χ2n) is 4.37. The fourth-order valence-corrected chi connectivity index (χ4v) is 2.64. The lowest BCUT2D eigenvalue weighted by molar-refractivity contribution is 0.574. The number of nitrogens with one attached hydrogen (secondary N) is 1. The van der Waals surface area contributed by atoms with Crippen molar-refractivity contribution in [3.05, 3.63) is 68.4 Å². The molecule has 0 saturated heterocycles. The number of halogens is 3. The highest BCUT2D eigenvalue weighted by atomic mass is 79.9. The van der Waals surface area contributed by atoms with Crippen LogP contribution in [-0.2, 0) is 0 Å². The molecule has 0 aliphatic rings. The summed E-state index contributed by atoms with van der Waals surface area (Å²) in [5, 5.41) is 3.65. The number of hydrogen-bond acceptors (Lipinski definition) is 1. The van der Waals surface area contributed by atoms with Crippen LogP contribution >= 0.6 is 27.5 Å². The highest BCUT2D eigenvalue weighted by molar-refractivity contribution is 9.10. The lowest BCUT2D eigenvalue weighted by atomic mass is 9.95. The number of aryl methyl sites for hydroxylation is 1. The summed E-state index contributed by atoms with van der Waals surface area (Å²) < 4.78 is 14.7. The van der Waals surface area contributed by atoms with Crippen molar-refractivity contribution in [2.24, 2.45) is 0 Å². The predicted molar refractivity (Wildman–Crippen MR) is 81.2 cm³/mol. The molecule has 0 saturated carbocycles. The first-order valence-corrected chi connectivity index (χ1v) is 7.09. The molecule has 0 bridgehead atoms. The Kier molecular flexibility index (Phi) is 4.61. The molecule has 4 heteroatoms. The first-order valence-electron chi connectivity index (χ1n) is 5.92. The van der Waals surface area contributed by atoms with Crippen LogP contribution in [0.15, 0.2) is 40.9 Å². The van der Waals surface area contributed by atoms with E-state index < -0.39 is 0 Å². The van der Waals surface area contributed by atoms with Gasteiger partial charge >= 0.3 is 0 Å². The van der Waals surface area contributed by atoms with Crippen LogP contribution in [0.2, 0.25) is 5.02 Å². The van der Waals surface area contributed by atoms with Crippen molar-refractivity contribution in [1.29, 1.82) is 0 Å². The van der Waals surface area contributed by atoms with Gasteiger partial charge in [-0.3, -0.25) is 0 Å². The van der Waals surface area contributed by atoms with E-state index in [0.29, 0.717) is 15.1 Å². The van der Waals surface area contributed by atoms with E-state index in [1.807, 2.05) is 38.2 Å². The number of rotatable bonds is 3. The maximum Gasteiger partial charge on any atom is 0.129 e. The van der Waals surface area contributed by atoms with Crippen LogP contribution in [0.4, 0.5) is 4.39 Å². The molecular formula is C15H14BrClFN. The molecule has 1 N–H and O–H groups in total. The summed E-state index contributed by atoms with van der Waals surface area (Å²) in [4.78, 5) is 0. The predicted octanol–water partition coefficient (Wildman–Crippen LogP) is 4.86.